The van der Waals surface area contributed by atoms with E-state index in [0.717, 1.165) is 32.1 Å². The summed E-state index contributed by atoms with van der Waals surface area (Å²) in [6, 6.07) is 9.33. The van der Waals surface area contributed by atoms with Crippen LogP contribution in [0.2, 0.25) is 0 Å². The Labute approximate surface area is 230 Å². The van der Waals surface area contributed by atoms with Gasteiger partial charge in [-0.2, -0.15) is 0 Å². The molecule has 0 bridgehead atoms. The Kier molecular flexibility index (Phi) is 7.86. The Bertz CT molecular complexity index is 1000. The van der Waals surface area contributed by atoms with Crippen molar-refractivity contribution in [2.24, 2.45) is 52.3 Å². The first-order valence-corrected chi connectivity index (χ1v) is 15.5. The Balaban J connectivity index is 1.25. The van der Waals surface area contributed by atoms with E-state index in [4.69, 9.17) is 4.74 Å². The second-order valence-corrected chi connectivity index (χ2v) is 14.4. The van der Waals surface area contributed by atoms with Gasteiger partial charge in [-0.3, -0.25) is 4.79 Å². The monoisotopic (exact) mass is 522 g/mol. The Morgan fingerprint density at radius 1 is 1.00 bits per heavy atom. The maximum Gasteiger partial charge on any atom is 0.338 e. The maximum absolute atomic E-state index is 12.7. The zero-order chi connectivity index (χ0) is 27.2. The molecule has 0 heterocycles. The number of ketones is 1. The summed E-state index contributed by atoms with van der Waals surface area (Å²) in [5, 5.41) is 11.5. The molecular formula is C34H50O4. The number of esters is 1. The van der Waals surface area contributed by atoms with E-state index in [1.165, 1.54) is 25.7 Å². The molecule has 0 saturated heterocycles. The predicted octanol–water partition coefficient (Wildman–Crippen LogP) is 7.48. The van der Waals surface area contributed by atoms with Gasteiger partial charge in [0.1, 0.15) is 11.9 Å². The lowest BCUT2D eigenvalue weighted by atomic mass is 9.44. The van der Waals surface area contributed by atoms with Crippen molar-refractivity contribution in [3.8, 4) is 0 Å². The standard InChI is InChI=1S/C34H50O4/c1-21(2)30(38-32(37)23-9-7-6-8-10-23)14-11-22(3)26-12-13-27-31-28(16-18-34(26,27)5)33(4)17-15-25(35)19-24(33)20-29(31)36/h6-10,21-22,24,26-31,36H,11-20H2,1-5H3/t22-,24?,26-,27+,28+,29-,30?,31+,33+,34-/m1/s1. The minimum Gasteiger partial charge on any atom is -0.459 e. The molecule has 4 saturated carbocycles. The van der Waals surface area contributed by atoms with Crippen LogP contribution in [-0.2, 0) is 9.53 Å². The summed E-state index contributed by atoms with van der Waals surface area (Å²) in [7, 11) is 0. The molecular weight excluding hydrogens is 472 g/mol. The first-order chi connectivity index (χ1) is 18.0. The molecule has 1 aromatic rings. The molecule has 4 heteroatoms. The van der Waals surface area contributed by atoms with Crippen LogP contribution in [0, 0.1) is 52.3 Å². The third-order valence-corrected chi connectivity index (χ3v) is 12.2. The third kappa shape index (κ3) is 4.88. The van der Waals surface area contributed by atoms with E-state index < -0.39 is 0 Å². The summed E-state index contributed by atoms with van der Waals surface area (Å²) in [4.78, 5) is 25.0. The SMILES string of the molecule is CC(C)C(CC[C@@H](C)[C@H]1CC[C@H]2[C@@H]3[C@H](O)CC4CC(=O)CC[C@]4(C)[C@H]3CC[C@]12C)OC(=O)c1ccccc1. The molecule has 2 unspecified atom stereocenters. The second kappa shape index (κ2) is 10.7. The van der Waals surface area contributed by atoms with E-state index in [9.17, 15) is 14.7 Å². The number of carbonyl (C=O) groups is 2. The number of aliphatic hydroxyl groups excluding tert-OH is 1. The predicted molar refractivity (Wildman–Crippen MR) is 150 cm³/mol. The van der Waals surface area contributed by atoms with Crippen LogP contribution in [0.25, 0.3) is 0 Å². The lowest BCUT2D eigenvalue weighted by Gasteiger charge is -2.62. The van der Waals surface area contributed by atoms with Gasteiger partial charge in [-0.25, -0.2) is 4.79 Å². The molecule has 1 aromatic carbocycles. The molecule has 0 aliphatic heterocycles. The largest absolute Gasteiger partial charge is 0.459 e. The van der Waals surface area contributed by atoms with Gasteiger partial charge in [0.05, 0.1) is 11.7 Å². The zero-order valence-corrected chi connectivity index (χ0v) is 24.3. The summed E-state index contributed by atoms with van der Waals surface area (Å²) in [6.07, 6.45) is 9.80. The van der Waals surface area contributed by atoms with Gasteiger partial charge < -0.3 is 9.84 Å². The summed E-state index contributed by atoms with van der Waals surface area (Å²) < 4.78 is 6.00. The fourth-order valence-corrected chi connectivity index (χ4v) is 9.92. The average Bonchev–Trinajstić information content (AvgIpc) is 3.24. The van der Waals surface area contributed by atoms with Crippen molar-refractivity contribution in [3.63, 3.8) is 0 Å². The molecule has 210 valence electrons. The molecule has 4 aliphatic carbocycles. The van der Waals surface area contributed by atoms with E-state index in [1.54, 1.807) is 0 Å². The van der Waals surface area contributed by atoms with Gasteiger partial charge in [0, 0.05) is 12.8 Å². The van der Waals surface area contributed by atoms with Crippen molar-refractivity contribution < 1.29 is 19.4 Å². The summed E-state index contributed by atoms with van der Waals surface area (Å²) in [6.45, 7) is 11.7. The highest BCUT2D eigenvalue weighted by Gasteiger charge is 2.62. The quantitative estimate of drug-likeness (QED) is 0.377. The first kappa shape index (κ1) is 27.9. The number of hydrogen-bond acceptors (Lipinski definition) is 4. The molecule has 4 nitrogen and oxygen atoms in total. The fourth-order valence-electron chi connectivity index (χ4n) is 9.92. The normalized spacial score (nSPS) is 40.1. The number of fused-ring (bicyclic) bond motifs is 5. The molecule has 0 amide bonds. The molecule has 0 radical (unpaired) electrons. The van der Waals surface area contributed by atoms with Crippen molar-refractivity contribution >= 4 is 11.8 Å². The minimum atomic E-state index is -0.259. The minimum absolute atomic E-state index is 0.0723. The molecule has 5 rings (SSSR count). The van der Waals surface area contributed by atoms with Gasteiger partial charge in [-0.15, -0.1) is 0 Å². The molecule has 10 atom stereocenters. The molecule has 1 N–H and O–H groups in total. The topological polar surface area (TPSA) is 63.6 Å². The number of aliphatic hydroxyl groups is 1. The highest BCUT2D eigenvalue weighted by atomic mass is 16.5. The second-order valence-electron chi connectivity index (χ2n) is 14.4. The van der Waals surface area contributed by atoms with Gasteiger partial charge in [0.25, 0.3) is 0 Å². The summed E-state index contributed by atoms with van der Waals surface area (Å²) in [5.74, 6) is 3.57. The Morgan fingerprint density at radius 3 is 2.42 bits per heavy atom. The van der Waals surface area contributed by atoms with Crippen molar-refractivity contribution in [1.29, 1.82) is 0 Å². The van der Waals surface area contributed by atoms with Crippen LogP contribution in [0.4, 0.5) is 0 Å². The Hall–Kier alpha value is -1.68. The number of hydrogen-bond donors (Lipinski definition) is 1. The molecule has 38 heavy (non-hydrogen) atoms. The smallest absolute Gasteiger partial charge is 0.338 e. The highest BCUT2D eigenvalue weighted by Crippen LogP contribution is 2.68. The van der Waals surface area contributed by atoms with Crippen LogP contribution in [0.5, 0.6) is 0 Å². The number of ether oxygens (including phenoxy) is 1. The fraction of sp³-hybridized carbons (Fsp3) is 0.765. The van der Waals surface area contributed by atoms with Crippen molar-refractivity contribution in [2.45, 2.75) is 111 Å². The van der Waals surface area contributed by atoms with Crippen LogP contribution in [0.3, 0.4) is 0 Å². The van der Waals surface area contributed by atoms with Crippen LogP contribution in [-0.4, -0.2) is 29.1 Å². The third-order valence-electron chi connectivity index (χ3n) is 12.2. The van der Waals surface area contributed by atoms with Crippen molar-refractivity contribution in [1.82, 2.24) is 0 Å². The van der Waals surface area contributed by atoms with Gasteiger partial charge >= 0.3 is 5.97 Å². The molecule has 0 spiro atoms. The van der Waals surface area contributed by atoms with Gasteiger partial charge in [0.15, 0.2) is 0 Å². The van der Waals surface area contributed by atoms with Gasteiger partial charge in [-0.05, 0) is 116 Å². The molecule has 0 aromatic heterocycles. The number of rotatable bonds is 7. The lowest BCUT2D eigenvalue weighted by Crippen LogP contribution is -2.58. The van der Waals surface area contributed by atoms with Crippen LogP contribution in [0.15, 0.2) is 30.3 Å². The van der Waals surface area contributed by atoms with Crippen LogP contribution < -0.4 is 0 Å². The van der Waals surface area contributed by atoms with Gasteiger partial charge in [-0.1, -0.05) is 52.8 Å². The molecule has 4 fully saturated rings. The van der Waals surface area contributed by atoms with E-state index in [0.29, 0.717) is 53.3 Å². The van der Waals surface area contributed by atoms with Crippen molar-refractivity contribution in [2.75, 3.05) is 0 Å². The van der Waals surface area contributed by atoms with Gasteiger partial charge in [0.2, 0.25) is 0 Å². The zero-order valence-electron chi connectivity index (χ0n) is 24.3. The van der Waals surface area contributed by atoms with Crippen molar-refractivity contribution in [3.05, 3.63) is 35.9 Å². The Morgan fingerprint density at radius 2 is 1.71 bits per heavy atom. The van der Waals surface area contributed by atoms with E-state index in [2.05, 4.69) is 34.6 Å². The molecule has 4 aliphatic rings. The van der Waals surface area contributed by atoms with Crippen LogP contribution in [0.1, 0.15) is 109 Å². The number of carbonyl (C=O) groups excluding carboxylic acids is 2. The van der Waals surface area contributed by atoms with Crippen LogP contribution >= 0.6 is 0 Å². The van der Waals surface area contributed by atoms with E-state index in [-0.39, 0.29) is 34.9 Å². The summed E-state index contributed by atoms with van der Waals surface area (Å²) >= 11 is 0. The summed E-state index contributed by atoms with van der Waals surface area (Å²) in [5.41, 5.74) is 1.11. The highest BCUT2D eigenvalue weighted by molar-refractivity contribution is 5.89. The lowest BCUT2D eigenvalue weighted by molar-refractivity contribution is -0.169. The first-order valence-electron chi connectivity index (χ1n) is 15.5. The van der Waals surface area contributed by atoms with E-state index in [1.807, 2.05) is 30.3 Å². The average molecular weight is 523 g/mol. The van der Waals surface area contributed by atoms with E-state index >= 15 is 0 Å². The maximum atomic E-state index is 12.7. The number of benzene rings is 1. The number of Topliss-reactive ketones (excluding diaryl/α,β-unsaturated/α-hetero) is 1.